The number of methoxy groups -OCH3 is 1. The molecule has 2 amide bonds. The maximum Gasteiger partial charge on any atom is 0.319 e. The number of benzene rings is 1. The first-order valence-corrected chi connectivity index (χ1v) is 10.8. The van der Waals surface area contributed by atoms with Gasteiger partial charge in [0.2, 0.25) is 0 Å². The van der Waals surface area contributed by atoms with Gasteiger partial charge in [-0.3, -0.25) is 4.90 Å². The van der Waals surface area contributed by atoms with Crippen LogP contribution in [0.2, 0.25) is 0 Å². The molecule has 0 radical (unpaired) electrons. The van der Waals surface area contributed by atoms with Crippen LogP contribution < -0.4 is 20.1 Å². The van der Waals surface area contributed by atoms with Crippen molar-refractivity contribution in [1.82, 2.24) is 10.2 Å². The number of amides is 2. The van der Waals surface area contributed by atoms with Crippen molar-refractivity contribution in [3.63, 3.8) is 0 Å². The first-order valence-electron chi connectivity index (χ1n) is 10.8. The third-order valence-electron chi connectivity index (χ3n) is 6.18. The normalized spacial score (nSPS) is 20.1. The van der Waals surface area contributed by atoms with Gasteiger partial charge in [0.05, 0.1) is 26.4 Å². The molecule has 1 aromatic carbocycles. The second kappa shape index (κ2) is 10.2. The summed E-state index contributed by atoms with van der Waals surface area (Å²) >= 11 is 0. The molecule has 0 spiro atoms. The minimum atomic E-state index is -0.213. The van der Waals surface area contributed by atoms with Crippen molar-refractivity contribution in [2.75, 3.05) is 45.3 Å². The third-order valence-corrected chi connectivity index (χ3v) is 6.18. The van der Waals surface area contributed by atoms with Crippen molar-refractivity contribution >= 4 is 11.7 Å². The standard InChI is InChI=1S/C22H35N3O4/c1-4-22(2,25-11-13-28-14-12-25)16-23-21(26)24-17-9-10-19(27-3)20(15-17)29-18-7-5-6-8-18/h9-10,15,18H,4-8,11-14,16H2,1-3H3,(H2,23,24,26)/t22-/m0/s1. The number of rotatable bonds is 8. The Bertz CT molecular complexity index is 672. The van der Waals surface area contributed by atoms with Gasteiger partial charge in [-0.25, -0.2) is 4.79 Å². The fourth-order valence-electron chi connectivity index (χ4n) is 4.04. The van der Waals surface area contributed by atoms with E-state index in [9.17, 15) is 4.79 Å². The van der Waals surface area contributed by atoms with E-state index in [0.29, 0.717) is 23.7 Å². The molecular formula is C22H35N3O4. The van der Waals surface area contributed by atoms with E-state index in [1.54, 1.807) is 7.11 Å². The maximum absolute atomic E-state index is 12.5. The van der Waals surface area contributed by atoms with Crippen molar-refractivity contribution in [3.05, 3.63) is 18.2 Å². The third kappa shape index (κ3) is 5.76. The summed E-state index contributed by atoms with van der Waals surface area (Å²) in [5, 5.41) is 5.97. The summed E-state index contributed by atoms with van der Waals surface area (Å²) in [6.07, 6.45) is 5.72. The van der Waals surface area contributed by atoms with Crippen LogP contribution in [0, 0.1) is 0 Å². The van der Waals surface area contributed by atoms with Crippen LogP contribution in [0.25, 0.3) is 0 Å². The number of carbonyl (C=O) groups is 1. The molecule has 2 aliphatic rings. The van der Waals surface area contributed by atoms with Gasteiger partial charge in [-0.05, 0) is 51.2 Å². The summed E-state index contributed by atoms with van der Waals surface area (Å²) in [6.45, 7) is 8.22. The first-order chi connectivity index (χ1) is 14.0. The number of hydrogen-bond acceptors (Lipinski definition) is 5. The van der Waals surface area contributed by atoms with Gasteiger partial charge in [-0.1, -0.05) is 6.92 Å². The number of anilines is 1. The summed E-state index contributed by atoms with van der Waals surface area (Å²) in [5.41, 5.74) is 0.610. The number of carbonyl (C=O) groups excluding carboxylic acids is 1. The molecular weight excluding hydrogens is 370 g/mol. The van der Waals surface area contributed by atoms with Gasteiger partial charge in [-0.2, -0.15) is 0 Å². The van der Waals surface area contributed by atoms with Crippen molar-refractivity contribution < 1.29 is 19.0 Å². The van der Waals surface area contributed by atoms with Crippen LogP contribution in [0.3, 0.4) is 0 Å². The Labute approximate surface area is 174 Å². The molecule has 1 aliphatic heterocycles. The quantitative estimate of drug-likeness (QED) is 0.691. The highest BCUT2D eigenvalue weighted by Crippen LogP contribution is 2.34. The van der Waals surface area contributed by atoms with E-state index in [-0.39, 0.29) is 17.7 Å². The molecule has 1 heterocycles. The zero-order valence-corrected chi connectivity index (χ0v) is 18.0. The Kier molecular flexibility index (Phi) is 7.61. The Balaban J connectivity index is 1.57. The molecule has 1 saturated carbocycles. The lowest BCUT2D eigenvalue weighted by Gasteiger charge is -2.43. The number of nitrogens with zero attached hydrogens (tertiary/aromatic N) is 1. The Hall–Kier alpha value is -1.99. The molecule has 2 N–H and O–H groups in total. The van der Waals surface area contributed by atoms with E-state index in [1.807, 2.05) is 18.2 Å². The second-order valence-electron chi connectivity index (χ2n) is 8.15. The zero-order chi connectivity index (χ0) is 20.7. The molecule has 1 aromatic rings. The van der Waals surface area contributed by atoms with Crippen molar-refractivity contribution in [1.29, 1.82) is 0 Å². The van der Waals surface area contributed by atoms with Crippen molar-refractivity contribution in [2.45, 2.75) is 57.6 Å². The van der Waals surface area contributed by atoms with Gasteiger partial charge >= 0.3 is 6.03 Å². The maximum atomic E-state index is 12.5. The van der Waals surface area contributed by atoms with Crippen LogP contribution in [0.15, 0.2) is 18.2 Å². The molecule has 1 atom stereocenters. The lowest BCUT2D eigenvalue weighted by Crippen LogP contribution is -2.57. The second-order valence-corrected chi connectivity index (χ2v) is 8.15. The summed E-state index contributed by atoms with van der Waals surface area (Å²) < 4.78 is 17.0. The molecule has 1 saturated heterocycles. The van der Waals surface area contributed by atoms with Crippen LogP contribution in [-0.4, -0.2) is 62.5 Å². The molecule has 2 fully saturated rings. The highest BCUT2D eigenvalue weighted by atomic mass is 16.5. The molecule has 3 rings (SSSR count). The fourth-order valence-corrected chi connectivity index (χ4v) is 4.04. The van der Waals surface area contributed by atoms with Crippen LogP contribution in [0.1, 0.15) is 46.0 Å². The predicted octanol–water partition coefficient (Wildman–Crippen LogP) is 3.64. The molecule has 162 valence electrons. The average Bonchev–Trinajstić information content (AvgIpc) is 3.26. The lowest BCUT2D eigenvalue weighted by atomic mass is 9.95. The SMILES string of the molecule is CC[C@@](C)(CNC(=O)Nc1ccc(OC)c(OC2CCCC2)c1)N1CCOCC1. The van der Waals surface area contributed by atoms with Gasteiger partial charge in [-0.15, -0.1) is 0 Å². The van der Waals surface area contributed by atoms with E-state index in [4.69, 9.17) is 14.2 Å². The Morgan fingerprint density at radius 2 is 1.97 bits per heavy atom. The average molecular weight is 406 g/mol. The molecule has 29 heavy (non-hydrogen) atoms. The topological polar surface area (TPSA) is 72.1 Å². The van der Waals surface area contributed by atoms with Crippen LogP contribution in [-0.2, 0) is 4.74 Å². The number of ether oxygens (including phenoxy) is 3. The molecule has 1 aliphatic carbocycles. The number of nitrogens with one attached hydrogen (secondary N) is 2. The fraction of sp³-hybridized carbons (Fsp3) is 0.682. The smallest absolute Gasteiger partial charge is 0.319 e. The van der Waals surface area contributed by atoms with E-state index in [1.165, 1.54) is 12.8 Å². The van der Waals surface area contributed by atoms with E-state index in [0.717, 1.165) is 45.6 Å². The molecule has 0 unspecified atom stereocenters. The van der Waals surface area contributed by atoms with Gasteiger partial charge < -0.3 is 24.8 Å². The van der Waals surface area contributed by atoms with Crippen LogP contribution in [0.5, 0.6) is 11.5 Å². The van der Waals surface area contributed by atoms with Crippen LogP contribution in [0.4, 0.5) is 10.5 Å². The van der Waals surface area contributed by atoms with Crippen molar-refractivity contribution in [3.8, 4) is 11.5 Å². The first kappa shape index (κ1) is 21.7. The number of morpholine rings is 1. The number of urea groups is 1. The summed E-state index contributed by atoms with van der Waals surface area (Å²) in [7, 11) is 1.63. The monoisotopic (exact) mass is 405 g/mol. The molecule has 7 nitrogen and oxygen atoms in total. The van der Waals surface area contributed by atoms with E-state index >= 15 is 0 Å². The largest absolute Gasteiger partial charge is 0.493 e. The summed E-state index contributed by atoms with van der Waals surface area (Å²) in [6, 6.07) is 5.30. The van der Waals surface area contributed by atoms with Crippen molar-refractivity contribution in [2.24, 2.45) is 0 Å². The zero-order valence-electron chi connectivity index (χ0n) is 18.0. The number of hydrogen-bond donors (Lipinski definition) is 2. The Morgan fingerprint density at radius 3 is 2.62 bits per heavy atom. The molecule has 7 heteroatoms. The van der Waals surface area contributed by atoms with Gasteiger partial charge in [0.15, 0.2) is 11.5 Å². The highest BCUT2D eigenvalue weighted by Gasteiger charge is 2.31. The van der Waals surface area contributed by atoms with E-state index < -0.39 is 0 Å². The minimum Gasteiger partial charge on any atom is -0.493 e. The van der Waals surface area contributed by atoms with Gasteiger partial charge in [0.25, 0.3) is 0 Å². The van der Waals surface area contributed by atoms with Gasteiger partial charge in [0.1, 0.15) is 0 Å². The molecule has 0 aromatic heterocycles. The van der Waals surface area contributed by atoms with Gasteiger partial charge in [0, 0.05) is 36.9 Å². The minimum absolute atomic E-state index is 0.0855. The summed E-state index contributed by atoms with van der Waals surface area (Å²) in [5.74, 6) is 1.37. The van der Waals surface area contributed by atoms with E-state index in [2.05, 4.69) is 29.4 Å². The molecule has 0 bridgehead atoms. The predicted molar refractivity (Wildman–Crippen MR) is 114 cm³/mol. The van der Waals surface area contributed by atoms with Crippen LogP contribution >= 0.6 is 0 Å². The Morgan fingerprint density at radius 1 is 1.24 bits per heavy atom. The lowest BCUT2D eigenvalue weighted by molar-refractivity contribution is -0.0163. The summed E-state index contributed by atoms with van der Waals surface area (Å²) in [4.78, 5) is 14.9. The highest BCUT2D eigenvalue weighted by molar-refractivity contribution is 5.89.